The number of aliphatic hydroxyl groups is 1. The van der Waals surface area contributed by atoms with E-state index in [0.29, 0.717) is 31.6 Å². The van der Waals surface area contributed by atoms with Crippen LogP contribution in [-0.2, 0) is 17.4 Å². The van der Waals surface area contributed by atoms with E-state index >= 15 is 0 Å². The molecule has 30 heavy (non-hydrogen) atoms. The number of carbonyl (C=O) groups is 1. The van der Waals surface area contributed by atoms with Crippen molar-refractivity contribution in [3.05, 3.63) is 65.2 Å². The van der Waals surface area contributed by atoms with Gasteiger partial charge in [0.2, 0.25) is 5.91 Å². The molecule has 2 atom stereocenters. The number of hydrogen-bond acceptors (Lipinski definition) is 4. The lowest BCUT2D eigenvalue weighted by atomic mass is 10.0. The number of likely N-dealkylation sites (N-methyl/N-ethyl adjacent to an activating group) is 1. The molecule has 1 fully saturated rings. The summed E-state index contributed by atoms with van der Waals surface area (Å²) in [6.45, 7) is 1.54. The van der Waals surface area contributed by atoms with Gasteiger partial charge >= 0.3 is 6.18 Å². The number of aromatic hydroxyl groups is 1. The Balaban J connectivity index is 1.81. The quantitative estimate of drug-likeness (QED) is 0.751. The Hall–Kier alpha value is -2.58. The molecule has 0 bridgehead atoms. The van der Waals surface area contributed by atoms with Crippen LogP contribution in [0.15, 0.2) is 48.5 Å². The van der Waals surface area contributed by atoms with Crippen molar-refractivity contribution < 1.29 is 28.2 Å². The fourth-order valence-corrected chi connectivity index (χ4v) is 3.75. The van der Waals surface area contributed by atoms with Gasteiger partial charge in [0.25, 0.3) is 0 Å². The van der Waals surface area contributed by atoms with Crippen LogP contribution in [0.5, 0.6) is 5.75 Å². The Morgan fingerprint density at radius 2 is 1.97 bits per heavy atom. The van der Waals surface area contributed by atoms with E-state index in [1.165, 1.54) is 23.1 Å². The molecule has 2 N–H and O–H groups in total. The number of hydrogen-bond donors (Lipinski definition) is 2. The first-order valence-electron chi connectivity index (χ1n) is 9.75. The van der Waals surface area contributed by atoms with Gasteiger partial charge in [0.05, 0.1) is 24.1 Å². The van der Waals surface area contributed by atoms with Crippen LogP contribution in [0.3, 0.4) is 0 Å². The van der Waals surface area contributed by atoms with Crippen molar-refractivity contribution in [1.29, 1.82) is 0 Å². The lowest BCUT2D eigenvalue weighted by Gasteiger charge is -2.32. The third-order valence-electron chi connectivity index (χ3n) is 5.44. The largest absolute Gasteiger partial charge is 0.508 e. The second-order valence-electron chi connectivity index (χ2n) is 7.66. The summed E-state index contributed by atoms with van der Waals surface area (Å²) >= 11 is 0. The van der Waals surface area contributed by atoms with Crippen LogP contribution in [-0.4, -0.2) is 58.7 Å². The van der Waals surface area contributed by atoms with Crippen molar-refractivity contribution in [1.82, 2.24) is 9.80 Å². The minimum atomic E-state index is -4.47. The maximum Gasteiger partial charge on any atom is 0.416 e. The number of carbonyl (C=O) groups excluding carboxylic acids is 1. The third-order valence-corrected chi connectivity index (χ3v) is 5.44. The van der Waals surface area contributed by atoms with E-state index in [1.54, 1.807) is 25.2 Å². The lowest BCUT2D eigenvalue weighted by Crippen LogP contribution is -2.39. The molecular formula is C22H25F3N2O3. The summed E-state index contributed by atoms with van der Waals surface area (Å²) in [5.41, 5.74) is 0.0341. The number of halogens is 3. The van der Waals surface area contributed by atoms with E-state index in [2.05, 4.69) is 0 Å². The molecule has 0 saturated carbocycles. The number of β-amino-alcohol motifs (C(OH)–C–C–N with tert-alkyl or cyclic N) is 1. The average molecular weight is 422 g/mol. The van der Waals surface area contributed by atoms with Crippen LogP contribution in [0.2, 0.25) is 0 Å². The number of phenolic OH excluding ortho intramolecular Hbond substituents is 1. The molecule has 2 unspecified atom stereocenters. The summed E-state index contributed by atoms with van der Waals surface area (Å²) in [7, 11) is 1.58. The number of likely N-dealkylation sites (tertiary alicyclic amines) is 1. The van der Waals surface area contributed by atoms with Gasteiger partial charge in [0, 0.05) is 32.2 Å². The topological polar surface area (TPSA) is 64.0 Å². The van der Waals surface area contributed by atoms with E-state index in [-0.39, 0.29) is 23.6 Å². The van der Waals surface area contributed by atoms with E-state index < -0.39 is 23.9 Å². The summed E-state index contributed by atoms with van der Waals surface area (Å²) in [5.74, 6) is -0.316. The van der Waals surface area contributed by atoms with Crippen molar-refractivity contribution >= 4 is 5.91 Å². The highest BCUT2D eigenvalue weighted by Crippen LogP contribution is 2.31. The van der Waals surface area contributed by atoms with E-state index in [4.69, 9.17) is 0 Å². The zero-order valence-corrected chi connectivity index (χ0v) is 16.6. The molecule has 3 rings (SSSR count). The summed E-state index contributed by atoms with van der Waals surface area (Å²) in [4.78, 5) is 16.4. The molecule has 1 heterocycles. The number of benzene rings is 2. The summed E-state index contributed by atoms with van der Waals surface area (Å²) in [5, 5.41) is 20.1. The van der Waals surface area contributed by atoms with Gasteiger partial charge in [0.15, 0.2) is 0 Å². The number of aliphatic hydroxyl groups excluding tert-OH is 1. The first-order valence-corrected chi connectivity index (χ1v) is 9.75. The Labute approximate surface area is 173 Å². The highest BCUT2D eigenvalue weighted by Gasteiger charge is 2.32. The molecule has 2 aromatic carbocycles. The van der Waals surface area contributed by atoms with Crippen LogP contribution in [0.1, 0.15) is 29.2 Å². The average Bonchev–Trinajstić information content (AvgIpc) is 3.10. The molecule has 1 aliphatic heterocycles. The van der Waals surface area contributed by atoms with Gasteiger partial charge in [-0.25, -0.2) is 0 Å². The minimum Gasteiger partial charge on any atom is -0.508 e. The third kappa shape index (κ3) is 5.31. The summed E-state index contributed by atoms with van der Waals surface area (Å²) in [6.07, 6.45) is -4.45. The lowest BCUT2D eigenvalue weighted by molar-refractivity contribution is -0.138. The number of nitrogens with zero attached hydrogens (tertiary/aromatic N) is 2. The second kappa shape index (κ2) is 9.06. The van der Waals surface area contributed by atoms with Crippen LogP contribution in [0.4, 0.5) is 13.2 Å². The van der Waals surface area contributed by atoms with Crippen LogP contribution < -0.4 is 0 Å². The number of rotatable bonds is 6. The summed E-state index contributed by atoms with van der Waals surface area (Å²) in [6, 6.07) is 10.9. The molecule has 2 aromatic rings. The standard InChI is InChI=1S/C22H25F3N2O3/c1-26(21(30)12-15-5-4-6-16(11-15)22(23,24)25)19(14-27-10-9-17(28)13-27)18-7-2-3-8-20(18)29/h2-8,11,17,19,28-29H,9-10,12-14H2,1H3. The molecule has 1 aliphatic rings. The molecule has 0 spiro atoms. The predicted molar refractivity (Wildman–Crippen MR) is 106 cm³/mol. The molecular weight excluding hydrogens is 397 g/mol. The highest BCUT2D eigenvalue weighted by atomic mass is 19.4. The minimum absolute atomic E-state index is 0.0426. The first-order chi connectivity index (χ1) is 14.1. The Morgan fingerprint density at radius 3 is 2.60 bits per heavy atom. The molecule has 0 radical (unpaired) electrons. The van der Waals surface area contributed by atoms with Crippen molar-refractivity contribution in [2.45, 2.75) is 31.2 Å². The molecule has 0 aromatic heterocycles. The number of para-hydroxylation sites is 1. The van der Waals surface area contributed by atoms with Gasteiger partial charge in [-0.3, -0.25) is 9.69 Å². The molecule has 0 aliphatic carbocycles. The van der Waals surface area contributed by atoms with E-state index in [9.17, 15) is 28.2 Å². The van der Waals surface area contributed by atoms with Gasteiger partial charge in [-0.05, 0) is 24.1 Å². The van der Waals surface area contributed by atoms with Crippen LogP contribution in [0, 0.1) is 0 Å². The van der Waals surface area contributed by atoms with Crippen molar-refractivity contribution in [3.63, 3.8) is 0 Å². The zero-order chi connectivity index (χ0) is 21.9. The fourth-order valence-electron chi connectivity index (χ4n) is 3.75. The zero-order valence-electron chi connectivity index (χ0n) is 16.6. The van der Waals surface area contributed by atoms with Crippen molar-refractivity contribution in [2.24, 2.45) is 0 Å². The maximum absolute atomic E-state index is 13.0. The SMILES string of the molecule is CN(C(=O)Cc1cccc(C(F)(F)F)c1)C(CN1CCC(O)C1)c1ccccc1O. The molecule has 8 heteroatoms. The predicted octanol–water partition coefficient (Wildman–Crippen LogP) is 3.22. The maximum atomic E-state index is 13.0. The van der Waals surface area contributed by atoms with Crippen molar-refractivity contribution in [2.75, 3.05) is 26.7 Å². The highest BCUT2D eigenvalue weighted by molar-refractivity contribution is 5.79. The van der Waals surface area contributed by atoms with E-state index in [0.717, 1.165) is 12.1 Å². The Kier molecular flexibility index (Phi) is 6.67. The molecule has 162 valence electrons. The first kappa shape index (κ1) is 22.1. The molecule has 1 saturated heterocycles. The number of phenols is 1. The van der Waals surface area contributed by atoms with Crippen LogP contribution >= 0.6 is 0 Å². The molecule has 5 nitrogen and oxygen atoms in total. The smallest absolute Gasteiger partial charge is 0.416 e. The normalized spacial score (nSPS) is 18.4. The fraction of sp³-hybridized carbons (Fsp3) is 0.409. The Morgan fingerprint density at radius 1 is 1.23 bits per heavy atom. The molecule has 1 amide bonds. The van der Waals surface area contributed by atoms with Gasteiger partial charge in [-0.15, -0.1) is 0 Å². The van der Waals surface area contributed by atoms with Gasteiger partial charge in [0.1, 0.15) is 5.75 Å². The number of amides is 1. The Bertz CT molecular complexity index is 888. The monoisotopic (exact) mass is 422 g/mol. The van der Waals surface area contributed by atoms with Gasteiger partial charge in [-0.1, -0.05) is 36.4 Å². The van der Waals surface area contributed by atoms with E-state index in [1.807, 2.05) is 4.90 Å². The summed E-state index contributed by atoms with van der Waals surface area (Å²) < 4.78 is 38.9. The second-order valence-corrected chi connectivity index (χ2v) is 7.66. The van der Waals surface area contributed by atoms with Crippen LogP contribution in [0.25, 0.3) is 0 Å². The number of alkyl halides is 3. The van der Waals surface area contributed by atoms with Gasteiger partial charge in [-0.2, -0.15) is 13.2 Å². The van der Waals surface area contributed by atoms with Gasteiger partial charge < -0.3 is 15.1 Å². The van der Waals surface area contributed by atoms with Crippen molar-refractivity contribution in [3.8, 4) is 5.75 Å².